The van der Waals surface area contributed by atoms with E-state index in [1.54, 1.807) is 6.07 Å². The monoisotopic (exact) mass is 526 g/mol. The molecule has 1 aliphatic rings. The molecule has 4 aromatic rings. The molecular weight excluding hydrogens is 492 g/mol. The minimum absolute atomic E-state index is 0.0168. The highest BCUT2D eigenvalue weighted by Gasteiger charge is 2.40. The fourth-order valence-electron chi connectivity index (χ4n) is 5.55. The van der Waals surface area contributed by atoms with E-state index in [4.69, 9.17) is 5.11 Å². The zero-order valence-corrected chi connectivity index (χ0v) is 22.1. The second kappa shape index (κ2) is 11.8. The van der Waals surface area contributed by atoms with Crippen molar-refractivity contribution in [2.45, 2.75) is 44.3 Å². The molecule has 1 aromatic heterocycles. The molecule has 9 nitrogen and oxygen atoms in total. The van der Waals surface area contributed by atoms with Gasteiger partial charge in [-0.25, -0.2) is 0 Å². The maximum absolute atomic E-state index is 10.8. The van der Waals surface area contributed by atoms with Crippen molar-refractivity contribution in [2.75, 3.05) is 19.6 Å². The number of hydrogen-bond acceptors (Lipinski definition) is 7. The first-order valence-corrected chi connectivity index (χ1v) is 13.3. The number of carbonyl (C=O) groups is 1. The van der Waals surface area contributed by atoms with E-state index in [1.165, 1.54) is 10.4 Å². The van der Waals surface area contributed by atoms with E-state index >= 15 is 0 Å². The molecule has 0 bridgehead atoms. The standard InChI is InChI=1S/C30H34N6O3/c1-30(21-35(18-16-31-30)20-22-7-3-2-4-8-22)28(25-9-5-10-26(37)19-25)23-12-14-24(15-13-23)29-32-34-36(33-29)17-6-11-27(38)39/h2-5,7-10,12-15,19,28,31,37H,6,11,16-18,20-21H2,1H3,(H,38,39)/t28-,30-/m1/s1. The first-order valence-electron chi connectivity index (χ1n) is 13.3. The van der Waals surface area contributed by atoms with Gasteiger partial charge in [0, 0.05) is 49.6 Å². The lowest BCUT2D eigenvalue weighted by Crippen LogP contribution is -2.61. The predicted molar refractivity (Wildman–Crippen MR) is 148 cm³/mol. The smallest absolute Gasteiger partial charge is 0.303 e. The third-order valence-corrected chi connectivity index (χ3v) is 7.30. The number of aromatic hydroxyl groups is 1. The first kappa shape index (κ1) is 26.5. The van der Waals surface area contributed by atoms with E-state index < -0.39 is 5.97 Å². The fraction of sp³-hybridized carbons (Fsp3) is 0.333. The lowest BCUT2D eigenvalue weighted by atomic mass is 9.74. The van der Waals surface area contributed by atoms with Crippen LogP contribution in [-0.2, 0) is 17.9 Å². The number of hydrogen-bond donors (Lipinski definition) is 3. The summed E-state index contributed by atoms with van der Waals surface area (Å²) in [5.74, 6) is -0.103. The molecule has 39 heavy (non-hydrogen) atoms. The molecule has 2 atom stereocenters. The van der Waals surface area contributed by atoms with Crippen LogP contribution < -0.4 is 5.32 Å². The van der Waals surface area contributed by atoms with Crippen LogP contribution in [0.2, 0.25) is 0 Å². The minimum Gasteiger partial charge on any atom is -0.508 e. The number of carboxylic acids is 1. The summed E-state index contributed by atoms with van der Waals surface area (Å²) in [6, 6.07) is 26.3. The van der Waals surface area contributed by atoms with E-state index in [-0.39, 0.29) is 23.6 Å². The Labute approximate surface area is 228 Å². The van der Waals surface area contributed by atoms with E-state index in [2.05, 4.69) is 75.0 Å². The number of phenols is 1. The fourth-order valence-corrected chi connectivity index (χ4v) is 5.55. The van der Waals surface area contributed by atoms with Crippen LogP contribution in [0, 0.1) is 0 Å². The average molecular weight is 527 g/mol. The number of phenolic OH excluding ortho intramolecular Hbond substituents is 1. The average Bonchev–Trinajstić information content (AvgIpc) is 3.38. The highest BCUT2D eigenvalue weighted by molar-refractivity contribution is 5.66. The Morgan fingerprint density at radius 2 is 1.85 bits per heavy atom. The van der Waals surface area contributed by atoms with Crippen LogP contribution in [0.3, 0.4) is 0 Å². The van der Waals surface area contributed by atoms with Gasteiger partial charge in [-0.1, -0.05) is 66.7 Å². The van der Waals surface area contributed by atoms with Crippen molar-refractivity contribution in [3.05, 3.63) is 95.6 Å². The maximum Gasteiger partial charge on any atom is 0.303 e. The number of piperazine rings is 1. The van der Waals surface area contributed by atoms with Gasteiger partial charge in [0.2, 0.25) is 5.82 Å². The zero-order chi connectivity index (χ0) is 27.2. The molecule has 0 amide bonds. The van der Waals surface area contributed by atoms with Crippen molar-refractivity contribution in [3.8, 4) is 17.1 Å². The van der Waals surface area contributed by atoms with E-state index in [0.29, 0.717) is 18.8 Å². The van der Waals surface area contributed by atoms with Gasteiger partial charge in [0.05, 0.1) is 6.54 Å². The van der Waals surface area contributed by atoms with Crippen LogP contribution in [0.1, 0.15) is 42.4 Å². The van der Waals surface area contributed by atoms with E-state index in [9.17, 15) is 9.90 Å². The summed E-state index contributed by atoms with van der Waals surface area (Å²) < 4.78 is 0. The van der Waals surface area contributed by atoms with Crippen molar-refractivity contribution in [3.63, 3.8) is 0 Å². The normalized spacial score (nSPS) is 18.6. The van der Waals surface area contributed by atoms with Crippen molar-refractivity contribution in [2.24, 2.45) is 0 Å². The molecule has 0 spiro atoms. The summed E-state index contributed by atoms with van der Waals surface area (Å²) in [4.78, 5) is 14.7. The van der Waals surface area contributed by atoms with Gasteiger partial charge in [-0.2, -0.15) is 4.80 Å². The maximum atomic E-state index is 10.8. The van der Waals surface area contributed by atoms with Crippen molar-refractivity contribution in [1.82, 2.24) is 30.4 Å². The summed E-state index contributed by atoms with van der Waals surface area (Å²) in [5.41, 5.74) is 4.01. The number of tetrazole rings is 1. The van der Waals surface area contributed by atoms with Gasteiger partial charge in [-0.3, -0.25) is 9.69 Å². The number of aromatic nitrogens is 4. The molecule has 1 fully saturated rings. The van der Waals surface area contributed by atoms with Crippen molar-refractivity contribution in [1.29, 1.82) is 0 Å². The molecule has 9 heteroatoms. The summed E-state index contributed by atoms with van der Waals surface area (Å²) in [7, 11) is 0. The highest BCUT2D eigenvalue weighted by Crippen LogP contribution is 2.38. The third kappa shape index (κ3) is 6.50. The Kier molecular flexibility index (Phi) is 7.99. The lowest BCUT2D eigenvalue weighted by molar-refractivity contribution is -0.137. The topological polar surface area (TPSA) is 116 Å². The molecule has 2 heterocycles. The Balaban J connectivity index is 1.40. The highest BCUT2D eigenvalue weighted by atomic mass is 16.4. The zero-order valence-electron chi connectivity index (χ0n) is 22.1. The van der Waals surface area contributed by atoms with E-state index in [1.807, 2.05) is 30.3 Å². The van der Waals surface area contributed by atoms with Gasteiger partial charge in [-0.05, 0) is 47.4 Å². The molecule has 1 saturated heterocycles. The minimum atomic E-state index is -0.837. The molecule has 3 aromatic carbocycles. The SMILES string of the molecule is C[C@]1([C@H](c2ccc(-c3nnn(CCCC(=O)O)n3)cc2)c2cccc(O)c2)CN(Cc2ccccc2)CCN1. The number of nitrogens with zero attached hydrogens (tertiary/aromatic N) is 5. The second-order valence-corrected chi connectivity index (χ2v) is 10.4. The first-order chi connectivity index (χ1) is 18.9. The number of aliphatic carboxylic acids is 1. The van der Waals surface area contributed by atoms with Crippen LogP contribution in [0.4, 0.5) is 0 Å². The van der Waals surface area contributed by atoms with Crippen LogP contribution in [0.15, 0.2) is 78.9 Å². The summed E-state index contributed by atoms with van der Waals surface area (Å²) in [5, 5.41) is 35.6. The predicted octanol–water partition coefficient (Wildman–Crippen LogP) is 3.91. The molecule has 0 unspecified atom stereocenters. The largest absolute Gasteiger partial charge is 0.508 e. The van der Waals surface area contributed by atoms with Gasteiger partial charge >= 0.3 is 5.97 Å². The Morgan fingerprint density at radius 3 is 2.59 bits per heavy atom. The van der Waals surface area contributed by atoms with Crippen molar-refractivity contribution < 1.29 is 15.0 Å². The van der Waals surface area contributed by atoms with Gasteiger partial charge in [0.15, 0.2) is 0 Å². The van der Waals surface area contributed by atoms with Gasteiger partial charge in [-0.15, -0.1) is 10.2 Å². The molecule has 0 saturated carbocycles. The van der Waals surface area contributed by atoms with Crippen LogP contribution in [-0.4, -0.2) is 66.5 Å². The van der Waals surface area contributed by atoms with Crippen LogP contribution in [0.5, 0.6) is 5.75 Å². The third-order valence-electron chi connectivity index (χ3n) is 7.30. The second-order valence-electron chi connectivity index (χ2n) is 10.4. The number of carboxylic acid groups (broad SMARTS) is 1. The summed E-state index contributed by atoms with van der Waals surface area (Å²) in [6.45, 7) is 6.22. The molecule has 0 radical (unpaired) electrons. The summed E-state index contributed by atoms with van der Waals surface area (Å²) >= 11 is 0. The quantitative estimate of drug-likeness (QED) is 0.285. The lowest BCUT2D eigenvalue weighted by Gasteiger charge is -2.46. The van der Waals surface area contributed by atoms with Gasteiger partial charge in [0.25, 0.3) is 0 Å². The Bertz CT molecular complexity index is 1390. The number of rotatable bonds is 10. The number of nitrogens with one attached hydrogen (secondary N) is 1. The molecular formula is C30H34N6O3. The number of benzene rings is 3. The van der Waals surface area contributed by atoms with Gasteiger partial charge in [0.1, 0.15) is 5.75 Å². The molecule has 3 N–H and O–H groups in total. The summed E-state index contributed by atoms with van der Waals surface area (Å²) in [6.07, 6.45) is 0.514. The van der Waals surface area contributed by atoms with Crippen molar-refractivity contribution >= 4 is 5.97 Å². The van der Waals surface area contributed by atoms with Gasteiger partial charge < -0.3 is 15.5 Å². The molecule has 202 valence electrons. The molecule has 0 aliphatic carbocycles. The van der Waals surface area contributed by atoms with Crippen LogP contribution in [0.25, 0.3) is 11.4 Å². The molecule has 5 rings (SSSR count). The van der Waals surface area contributed by atoms with E-state index in [0.717, 1.165) is 42.9 Å². The molecule has 1 aliphatic heterocycles. The van der Waals surface area contributed by atoms with Crippen LogP contribution >= 0.6 is 0 Å². The Morgan fingerprint density at radius 1 is 1.05 bits per heavy atom. The Hall–Kier alpha value is -4.08. The number of aryl methyl sites for hydroxylation is 1.